The molecule has 2 aromatic heterocycles. The summed E-state index contributed by atoms with van der Waals surface area (Å²) in [6.07, 6.45) is -2.02. The number of nitrogens with zero attached hydrogens (tertiary/aromatic N) is 5. The van der Waals surface area contributed by atoms with Crippen molar-refractivity contribution in [3.8, 4) is 11.4 Å². The van der Waals surface area contributed by atoms with E-state index in [9.17, 15) is 28.1 Å². The van der Waals surface area contributed by atoms with Gasteiger partial charge in [0.25, 0.3) is 5.69 Å². The molecule has 0 spiro atoms. The zero-order valence-electron chi connectivity index (χ0n) is 16.0. The number of pyridine rings is 1. The summed E-state index contributed by atoms with van der Waals surface area (Å²) < 4.78 is 44.1. The maximum Gasteiger partial charge on any atom is 0.406 e. The molecule has 0 aliphatic carbocycles. The Bertz CT molecular complexity index is 1060. The number of carbonyl (C=O) groups is 1. The number of benzene rings is 1. The Hall–Kier alpha value is -3.83. The number of hydrogen-bond donors (Lipinski definition) is 0. The summed E-state index contributed by atoms with van der Waals surface area (Å²) in [6.45, 7) is -2.09. The summed E-state index contributed by atoms with van der Waals surface area (Å²) in [4.78, 5) is 31.5. The van der Waals surface area contributed by atoms with Crippen LogP contribution in [0.2, 0.25) is 0 Å². The highest BCUT2D eigenvalue weighted by atomic mass is 19.4. The largest absolute Gasteiger partial charge is 0.406 e. The van der Waals surface area contributed by atoms with Crippen molar-refractivity contribution in [2.24, 2.45) is 0 Å². The number of hydrogen-bond acceptors (Lipinski definition) is 7. The third-order valence-electron chi connectivity index (χ3n) is 4.21. The fourth-order valence-electron chi connectivity index (χ4n) is 2.82. The summed E-state index contributed by atoms with van der Waals surface area (Å²) >= 11 is 0. The van der Waals surface area contributed by atoms with E-state index in [0.29, 0.717) is 10.5 Å². The lowest BCUT2D eigenvalue weighted by molar-refractivity contribution is -0.385. The van der Waals surface area contributed by atoms with E-state index in [2.05, 4.69) is 15.1 Å². The molecule has 2 heterocycles. The zero-order chi connectivity index (χ0) is 22.4. The van der Waals surface area contributed by atoms with Gasteiger partial charge in [0.15, 0.2) is 0 Å². The van der Waals surface area contributed by atoms with Crippen molar-refractivity contribution in [1.29, 1.82) is 0 Å². The zero-order valence-corrected chi connectivity index (χ0v) is 16.0. The minimum atomic E-state index is -4.67. The van der Waals surface area contributed by atoms with E-state index >= 15 is 0 Å². The van der Waals surface area contributed by atoms with Crippen LogP contribution >= 0.6 is 0 Å². The van der Waals surface area contributed by atoms with Gasteiger partial charge in [0.05, 0.1) is 11.5 Å². The van der Waals surface area contributed by atoms with Gasteiger partial charge in [0.2, 0.25) is 17.6 Å². The van der Waals surface area contributed by atoms with Crippen molar-refractivity contribution in [3.05, 3.63) is 70.4 Å². The lowest BCUT2D eigenvalue weighted by Gasteiger charge is -2.24. The Labute approximate surface area is 173 Å². The first kappa shape index (κ1) is 21.9. The first-order valence-electron chi connectivity index (χ1n) is 9.03. The average molecular weight is 435 g/mol. The van der Waals surface area contributed by atoms with Crippen LogP contribution in [-0.4, -0.2) is 43.6 Å². The van der Waals surface area contributed by atoms with Crippen LogP contribution in [0.15, 0.2) is 53.3 Å². The second-order valence-corrected chi connectivity index (χ2v) is 6.50. The van der Waals surface area contributed by atoms with E-state index in [4.69, 9.17) is 4.52 Å². The maximum absolute atomic E-state index is 13.0. The fraction of sp³-hybridized carbons (Fsp3) is 0.263. The molecule has 1 aromatic carbocycles. The highest BCUT2D eigenvalue weighted by Gasteiger charge is 2.34. The smallest absolute Gasteiger partial charge is 0.339 e. The molecule has 0 aliphatic heterocycles. The van der Waals surface area contributed by atoms with Crippen molar-refractivity contribution in [2.45, 2.75) is 25.6 Å². The normalized spacial score (nSPS) is 11.3. The van der Waals surface area contributed by atoms with Gasteiger partial charge in [-0.3, -0.25) is 19.9 Å². The van der Waals surface area contributed by atoms with Gasteiger partial charge in [0.1, 0.15) is 6.54 Å². The number of halogens is 3. The molecular formula is C19H16F3N5O4. The number of para-hydroxylation sites is 1. The van der Waals surface area contributed by atoms with E-state index in [1.54, 1.807) is 18.3 Å². The Morgan fingerprint density at radius 3 is 2.65 bits per heavy atom. The Kier molecular flexibility index (Phi) is 6.58. The van der Waals surface area contributed by atoms with E-state index in [0.717, 1.165) is 0 Å². The van der Waals surface area contributed by atoms with Gasteiger partial charge < -0.3 is 9.42 Å². The van der Waals surface area contributed by atoms with E-state index in [-0.39, 0.29) is 35.8 Å². The molecular weight excluding hydrogens is 419 g/mol. The maximum atomic E-state index is 13.0. The Balaban J connectivity index is 1.71. The highest BCUT2D eigenvalue weighted by Crippen LogP contribution is 2.24. The lowest BCUT2D eigenvalue weighted by Crippen LogP contribution is -2.38. The van der Waals surface area contributed by atoms with Gasteiger partial charge >= 0.3 is 6.18 Å². The van der Waals surface area contributed by atoms with Crippen molar-refractivity contribution >= 4 is 11.6 Å². The van der Waals surface area contributed by atoms with Crippen LogP contribution in [0.3, 0.4) is 0 Å². The number of alkyl halides is 3. The molecule has 3 rings (SSSR count). The predicted octanol–water partition coefficient (Wildman–Crippen LogP) is 3.56. The summed E-state index contributed by atoms with van der Waals surface area (Å²) in [5, 5.41) is 14.9. The number of amides is 1. The van der Waals surface area contributed by atoms with E-state index in [1.807, 2.05) is 0 Å². The first-order chi connectivity index (χ1) is 14.7. The number of nitro groups is 1. The molecule has 3 aromatic rings. The Morgan fingerprint density at radius 2 is 1.97 bits per heavy atom. The third-order valence-corrected chi connectivity index (χ3v) is 4.21. The average Bonchev–Trinajstić information content (AvgIpc) is 3.20. The number of carbonyl (C=O) groups excluding carboxylic acids is 1. The SMILES string of the molecule is O=C(CCc1nc(-c2cccnc2)no1)N(Cc1ccccc1[N+](=O)[O-])CC(F)(F)F. The van der Waals surface area contributed by atoms with E-state index in [1.165, 1.54) is 30.5 Å². The molecule has 162 valence electrons. The molecule has 0 radical (unpaired) electrons. The van der Waals surface area contributed by atoms with Gasteiger partial charge in [-0.15, -0.1) is 0 Å². The quantitative estimate of drug-likeness (QED) is 0.392. The number of rotatable bonds is 8. The minimum absolute atomic E-state index is 0.00162. The molecule has 12 heteroatoms. The molecule has 0 bridgehead atoms. The molecule has 0 N–H and O–H groups in total. The number of nitro benzene ring substituents is 1. The molecule has 1 amide bonds. The van der Waals surface area contributed by atoms with Crippen LogP contribution in [0.4, 0.5) is 18.9 Å². The Morgan fingerprint density at radius 1 is 1.19 bits per heavy atom. The van der Waals surface area contributed by atoms with Crippen LogP contribution in [0.1, 0.15) is 17.9 Å². The van der Waals surface area contributed by atoms with Crippen molar-refractivity contribution < 1.29 is 27.4 Å². The van der Waals surface area contributed by atoms with Gasteiger partial charge in [-0.25, -0.2) is 0 Å². The minimum Gasteiger partial charge on any atom is -0.339 e. The standard InChI is InChI=1S/C19H16F3N5O4/c20-19(21,22)12-26(11-14-4-1-2-6-15(14)27(29)30)17(28)8-7-16-24-18(25-31-16)13-5-3-9-23-10-13/h1-6,9-10H,7-8,11-12H2. The fourth-order valence-corrected chi connectivity index (χ4v) is 2.82. The third kappa shape index (κ3) is 6.07. The van der Waals surface area contributed by atoms with Crippen LogP contribution < -0.4 is 0 Å². The van der Waals surface area contributed by atoms with Crippen molar-refractivity contribution in [2.75, 3.05) is 6.54 Å². The second-order valence-electron chi connectivity index (χ2n) is 6.50. The second kappa shape index (κ2) is 9.32. The van der Waals surface area contributed by atoms with Crippen LogP contribution in [0, 0.1) is 10.1 Å². The topological polar surface area (TPSA) is 115 Å². The van der Waals surface area contributed by atoms with Crippen molar-refractivity contribution in [1.82, 2.24) is 20.0 Å². The molecule has 31 heavy (non-hydrogen) atoms. The predicted molar refractivity (Wildman–Crippen MR) is 100 cm³/mol. The van der Waals surface area contributed by atoms with Gasteiger partial charge in [0, 0.05) is 42.4 Å². The highest BCUT2D eigenvalue weighted by molar-refractivity contribution is 5.76. The summed E-state index contributed by atoms with van der Waals surface area (Å²) in [5.41, 5.74) is 0.223. The summed E-state index contributed by atoms with van der Waals surface area (Å²) in [7, 11) is 0. The monoisotopic (exact) mass is 435 g/mol. The summed E-state index contributed by atoms with van der Waals surface area (Å²) in [6, 6.07) is 8.71. The van der Waals surface area contributed by atoms with Crippen molar-refractivity contribution in [3.63, 3.8) is 0 Å². The lowest BCUT2D eigenvalue weighted by atomic mass is 10.1. The summed E-state index contributed by atoms with van der Waals surface area (Å²) in [5.74, 6) is -0.538. The molecule has 0 saturated carbocycles. The first-order valence-corrected chi connectivity index (χ1v) is 9.03. The molecule has 0 atom stereocenters. The van der Waals surface area contributed by atoms with Gasteiger partial charge in [-0.05, 0) is 12.1 Å². The molecule has 9 nitrogen and oxygen atoms in total. The number of aromatic nitrogens is 3. The van der Waals surface area contributed by atoms with E-state index < -0.39 is 30.1 Å². The van der Waals surface area contributed by atoms with Crippen LogP contribution in [0.25, 0.3) is 11.4 Å². The van der Waals surface area contributed by atoms with Crippen LogP contribution in [0.5, 0.6) is 0 Å². The molecule has 0 saturated heterocycles. The van der Waals surface area contributed by atoms with Gasteiger partial charge in [-0.2, -0.15) is 18.2 Å². The van der Waals surface area contributed by atoms with Crippen LogP contribution in [-0.2, 0) is 17.8 Å². The molecule has 0 unspecified atom stereocenters. The number of aryl methyl sites for hydroxylation is 1. The molecule has 0 fully saturated rings. The molecule has 0 aliphatic rings. The van der Waals surface area contributed by atoms with Gasteiger partial charge in [-0.1, -0.05) is 23.4 Å².